The summed E-state index contributed by atoms with van der Waals surface area (Å²) in [5, 5.41) is 14.0. The zero-order valence-corrected chi connectivity index (χ0v) is 39.1. The van der Waals surface area contributed by atoms with Crippen LogP contribution in [0.25, 0.3) is 0 Å². The molecule has 3 saturated carbocycles. The van der Waals surface area contributed by atoms with Crippen LogP contribution in [-0.2, 0) is 58.6 Å². The van der Waals surface area contributed by atoms with E-state index in [4.69, 9.17) is 32.8 Å². The van der Waals surface area contributed by atoms with E-state index in [1.807, 2.05) is 26.8 Å². The quantitative estimate of drug-likeness (QED) is 0.0689. The molecule has 1 N–H and O–H groups in total. The summed E-state index contributed by atoms with van der Waals surface area (Å²) in [7, 11) is -2.63. The van der Waals surface area contributed by atoms with Crippen LogP contribution in [0, 0.1) is 22.7 Å². The fourth-order valence-electron chi connectivity index (χ4n) is 11.4. The summed E-state index contributed by atoms with van der Waals surface area (Å²) in [6, 6.07) is 19.2. The molecule has 3 unspecified atom stereocenters. The molecule has 0 spiro atoms. The topological polar surface area (TPSA) is 187 Å². The highest BCUT2D eigenvalue weighted by Gasteiger charge is 2.79. The first kappa shape index (κ1) is 47.3. The second-order valence-electron chi connectivity index (χ2n) is 19.0. The average Bonchev–Trinajstić information content (AvgIpc) is 3.71. The molecule has 1 saturated heterocycles. The molecule has 1 heterocycles. The Morgan fingerprint density at radius 3 is 2.09 bits per heavy atom. The van der Waals surface area contributed by atoms with E-state index >= 15 is 4.79 Å². The van der Waals surface area contributed by atoms with Crippen molar-refractivity contribution in [3.8, 4) is 0 Å². The number of rotatable bonds is 13. The Hall–Kier alpha value is -4.70. The molecule has 2 aromatic carbocycles. The molecule has 4 fully saturated rings. The number of ether oxygens (including phenoxy) is 6. The van der Waals surface area contributed by atoms with E-state index in [9.17, 15) is 29.1 Å². The van der Waals surface area contributed by atoms with Gasteiger partial charge in [-0.2, -0.15) is 0 Å². The fraction of sp³-hybridized carbons (Fsp3) is 0.592. The minimum atomic E-state index is -2.63. The summed E-state index contributed by atoms with van der Waals surface area (Å²) < 4.78 is 44.7. The summed E-state index contributed by atoms with van der Waals surface area (Å²) in [5.74, 6) is -5.70. The highest BCUT2D eigenvalue weighted by molar-refractivity contribution is 6.73. The molecular formula is C49H62O14Si. The standard InChI is InChI=1S/C49H62O14Si/c1-9-64(10-2,11-3)63-36-25-37-48(28-58-37,62-30(5)50)40-42(61-43(53)32-21-16-13-17-22-32)49(56)26-35(59-44(54)33-23-18-24-34(33)51)29(4)38(46(49,6)7)39(41(52)47(36,40)8)60-45(55)57-27-31-19-14-12-15-20-31/h12-17,19-22,33,35-37,39-40,42,56H,9-11,18,23-28H2,1-8H3/t33?,35-,36-,37+,39+,40?,42?,47+,48-,49+/m0/s1. The molecule has 10 atom stereocenters. The first-order valence-electron chi connectivity index (χ1n) is 22.7. The monoisotopic (exact) mass is 902 g/mol. The van der Waals surface area contributed by atoms with Crippen LogP contribution < -0.4 is 0 Å². The molecule has 0 aromatic heterocycles. The van der Waals surface area contributed by atoms with Crippen molar-refractivity contribution in [2.45, 2.75) is 154 Å². The number of carbonyl (C=O) groups excluding carboxylic acids is 6. The zero-order valence-electron chi connectivity index (χ0n) is 38.1. The first-order chi connectivity index (χ1) is 30.3. The highest BCUT2D eigenvalue weighted by Crippen LogP contribution is 2.65. The molecule has 2 bridgehead atoms. The second-order valence-corrected chi connectivity index (χ2v) is 23.7. The largest absolute Gasteiger partial charge is 0.509 e. The minimum Gasteiger partial charge on any atom is -0.457 e. The lowest BCUT2D eigenvalue weighted by atomic mass is 9.44. The van der Waals surface area contributed by atoms with Gasteiger partial charge < -0.3 is 38.0 Å². The molecule has 15 heteroatoms. The van der Waals surface area contributed by atoms with Crippen LogP contribution in [0.5, 0.6) is 0 Å². The van der Waals surface area contributed by atoms with Crippen LogP contribution >= 0.6 is 0 Å². The van der Waals surface area contributed by atoms with E-state index in [1.165, 1.54) is 6.92 Å². The molecule has 64 heavy (non-hydrogen) atoms. The third kappa shape index (κ3) is 7.93. The summed E-state index contributed by atoms with van der Waals surface area (Å²) >= 11 is 0. The van der Waals surface area contributed by atoms with Crippen LogP contribution in [0.1, 0.15) is 103 Å². The second kappa shape index (κ2) is 17.9. The highest BCUT2D eigenvalue weighted by atomic mass is 28.4. The predicted molar refractivity (Wildman–Crippen MR) is 233 cm³/mol. The summed E-state index contributed by atoms with van der Waals surface area (Å²) in [4.78, 5) is 85.3. The van der Waals surface area contributed by atoms with Gasteiger partial charge in [-0.05, 0) is 73.7 Å². The molecule has 14 nitrogen and oxygen atoms in total. The molecule has 1 aliphatic heterocycles. The Labute approximate surface area is 375 Å². The maximum absolute atomic E-state index is 16.5. The van der Waals surface area contributed by atoms with E-state index in [1.54, 1.807) is 82.3 Å². The van der Waals surface area contributed by atoms with Gasteiger partial charge in [-0.1, -0.05) is 83.1 Å². The van der Waals surface area contributed by atoms with Crippen molar-refractivity contribution in [2.24, 2.45) is 22.7 Å². The normalized spacial score (nSPS) is 33.0. The maximum atomic E-state index is 16.5. The van der Waals surface area contributed by atoms with Crippen LogP contribution in [0.4, 0.5) is 4.79 Å². The fourth-order valence-corrected chi connectivity index (χ4v) is 14.4. The van der Waals surface area contributed by atoms with Gasteiger partial charge >= 0.3 is 24.1 Å². The van der Waals surface area contributed by atoms with E-state index in [-0.39, 0.29) is 55.8 Å². The summed E-state index contributed by atoms with van der Waals surface area (Å²) in [6.45, 7) is 13.6. The lowest BCUT2D eigenvalue weighted by Gasteiger charge is -2.68. The molecule has 7 rings (SSSR count). The molecule has 2 aromatic rings. The van der Waals surface area contributed by atoms with Crippen molar-refractivity contribution in [3.63, 3.8) is 0 Å². The van der Waals surface area contributed by atoms with Gasteiger partial charge in [0, 0.05) is 31.6 Å². The van der Waals surface area contributed by atoms with Crippen LogP contribution in [0.15, 0.2) is 71.8 Å². The number of carbonyl (C=O) groups is 6. The third-order valence-electron chi connectivity index (χ3n) is 15.5. The van der Waals surface area contributed by atoms with Crippen molar-refractivity contribution < 1.29 is 66.7 Å². The van der Waals surface area contributed by atoms with Crippen LogP contribution in [0.3, 0.4) is 0 Å². The Morgan fingerprint density at radius 1 is 0.891 bits per heavy atom. The van der Waals surface area contributed by atoms with Gasteiger partial charge in [0.2, 0.25) is 0 Å². The Bertz CT molecular complexity index is 2160. The van der Waals surface area contributed by atoms with Gasteiger partial charge in [0.25, 0.3) is 0 Å². The van der Waals surface area contributed by atoms with Crippen molar-refractivity contribution in [1.82, 2.24) is 0 Å². The lowest BCUT2D eigenvalue weighted by Crippen LogP contribution is -2.82. The van der Waals surface area contributed by atoms with E-state index in [0.29, 0.717) is 35.7 Å². The van der Waals surface area contributed by atoms with Gasteiger partial charge in [0.05, 0.1) is 29.6 Å². The first-order valence-corrected chi connectivity index (χ1v) is 25.2. The van der Waals surface area contributed by atoms with Crippen LogP contribution in [-0.4, -0.2) is 97.4 Å². The number of aliphatic hydroxyl groups is 1. The Balaban J connectivity index is 1.49. The van der Waals surface area contributed by atoms with Crippen molar-refractivity contribution in [2.75, 3.05) is 6.61 Å². The number of Topliss-reactive ketones (excluding diaryl/α,β-unsaturated/α-hetero) is 2. The zero-order chi connectivity index (χ0) is 46.4. The number of ketones is 2. The minimum absolute atomic E-state index is 0.0841. The molecular weight excluding hydrogens is 841 g/mol. The third-order valence-corrected chi connectivity index (χ3v) is 20.1. The van der Waals surface area contributed by atoms with Crippen LogP contribution in [0.2, 0.25) is 18.1 Å². The maximum Gasteiger partial charge on any atom is 0.509 e. The molecule has 346 valence electrons. The average molecular weight is 903 g/mol. The predicted octanol–water partition coefficient (Wildman–Crippen LogP) is 7.39. The van der Waals surface area contributed by atoms with Gasteiger partial charge in [-0.25, -0.2) is 9.59 Å². The summed E-state index contributed by atoms with van der Waals surface area (Å²) in [6.07, 6.45) is -7.10. The Morgan fingerprint density at radius 2 is 1.53 bits per heavy atom. The van der Waals surface area contributed by atoms with Crippen molar-refractivity contribution in [1.29, 1.82) is 0 Å². The van der Waals surface area contributed by atoms with E-state index < -0.39 is 103 Å². The van der Waals surface area contributed by atoms with Gasteiger partial charge in [0.15, 0.2) is 25.8 Å². The number of hydrogen-bond acceptors (Lipinski definition) is 14. The molecule has 0 amide bonds. The van der Waals surface area contributed by atoms with Crippen molar-refractivity contribution >= 4 is 43.9 Å². The SMILES string of the molecule is CC[Si](CC)(CC)O[C@H]1C[C@H]2OC[C@@]2(OC(C)=O)C2C(OC(=O)c3ccccc3)[C@]3(O)C[C@H](OC(=O)C4CCCC4=O)C(C)=C([C@@H](OC(=O)OCc4ccccc4)C(=O)[C@@]21C)C3(C)C. The molecule has 4 aliphatic carbocycles. The molecule has 5 aliphatic rings. The summed E-state index contributed by atoms with van der Waals surface area (Å²) in [5.41, 5.74) is -6.18. The van der Waals surface area contributed by atoms with Gasteiger partial charge in [0.1, 0.15) is 42.2 Å². The van der Waals surface area contributed by atoms with Gasteiger partial charge in [-0.3, -0.25) is 19.2 Å². The molecule has 0 radical (unpaired) electrons. The number of esters is 3. The Kier molecular flexibility index (Phi) is 13.2. The van der Waals surface area contributed by atoms with Crippen molar-refractivity contribution in [3.05, 3.63) is 82.9 Å². The lowest BCUT2D eigenvalue weighted by molar-refractivity contribution is -0.344. The number of fused-ring (bicyclic) bond motifs is 5. The number of benzene rings is 2. The van der Waals surface area contributed by atoms with E-state index in [2.05, 4.69) is 0 Å². The van der Waals surface area contributed by atoms with Gasteiger partial charge in [-0.15, -0.1) is 0 Å². The smallest absolute Gasteiger partial charge is 0.457 e. The number of hydrogen-bond donors (Lipinski definition) is 1. The van der Waals surface area contributed by atoms with E-state index in [0.717, 1.165) is 0 Å².